The van der Waals surface area contributed by atoms with E-state index in [1.165, 1.54) is 16.7 Å². The monoisotopic (exact) mass is 342 g/mol. The number of likely N-dealkylation sites (tertiary alicyclic amines) is 2. The fourth-order valence-corrected chi connectivity index (χ4v) is 5.09. The lowest BCUT2D eigenvalue weighted by Gasteiger charge is -2.41. The van der Waals surface area contributed by atoms with E-state index in [9.17, 15) is 4.79 Å². The Hall–Kier alpha value is -1.39. The first-order valence-electron chi connectivity index (χ1n) is 9.76. The van der Waals surface area contributed by atoms with Crippen LogP contribution in [0.5, 0.6) is 0 Å². The first-order valence-corrected chi connectivity index (χ1v) is 9.76. The first kappa shape index (κ1) is 17.0. The van der Waals surface area contributed by atoms with Crippen molar-refractivity contribution in [2.45, 2.75) is 64.1 Å². The smallest absolute Gasteiger partial charge is 0.222 e. The topological polar surface area (TPSA) is 32.8 Å². The molecule has 4 rings (SSSR count). The molecule has 0 N–H and O–H groups in total. The number of benzene rings is 1. The molecule has 4 heteroatoms. The Morgan fingerprint density at radius 1 is 1.20 bits per heavy atom. The quantitative estimate of drug-likeness (QED) is 0.846. The minimum absolute atomic E-state index is 0.0370. The standard InChI is InChI=1S/C21H30N2O2/c1-16-10-17(2)12-18(11-16)14-22-8-6-21(15-22)13-19(5-9-25-21)23-7-3-4-20(23)24/h10-12,19H,3-9,13-15H2,1-2H3/t19-,21+/m0/s1. The average molecular weight is 342 g/mol. The van der Waals surface area contributed by atoms with Crippen LogP contribution in [0, 0.1) is 13.8 Å². The molecule has 1 spiro atoms. The van der Waals surface area contributed by atoms with Crippen molar-refractivity contribution in [3.8, 4) is 0 Å². The third kappa shape index (κ3) is 3.61. The summed E-state index contributed by atoms with van der Waals surface area (Å²) in [5, 5.41) is 0. The Morgan fingerprint density at radius 3 is 2.72 bits per heavy atom. The van der Waals surface area contributed by atoms with Gasteiger partial charge in [0, 0.05) is 45.2 Å². The Balaban J connectivity index is 1.41. The van der Waals surface area contributed by atoms with E-state index >= 15 is 0 Å². The summed E-state index contributed by atoms with van der Waals surface area (Å²) in [6.07, 6.45) is 4.88. The number of rotatable bonds is 3. The number of aryl methyl sites for hydroxylation is 2. The maximum atomic E-state index is 12.1. The van der Waals surface area contributed by atoms with E-state index in [1.807, 2.05) is 0 Å². The third-order valence-electron chi connectivity index (χ3n) is 6.10. The molecule has 136 valence electrons. The normalized spacial score (nSPS) is 30.6. The van der Waals surface area contributed by atoms with E-state index in [-0.39, 0.29) is 5.60 Å². The zero-order valence-corrected chi connectivity index (χ0v) is 15.6. The van der Waals surface area contributed by atoms with Crippen LogP contribution in [0.3, 0.4) is 0 Å². The van der Waals surface area contributed by atoms with E-state index in [2.05, 4.69) is 41.8 Å². The minimum atomic E-state index is -0.0370. The van der Waals surface area contributed by atoms with Crippen LogP contribution in [-0.4, -0.2) is 53.6 Å². The Labute approximate surface area is 151 Å². The van der Waals surface area contributed by atoms with Gasteiger partial charge in [-0.3, -0.25) is 9.69 Å². The van der Waals surface area contributed by atoms with Gasteiger partial charge in [0.15, 0.2) is 0 Å². The SMILES string of the molecule is Cc1cc(C)cc(CN2CC[C@@]3(C[C@@H](N4CCCC4=O)CCO3)C2)c1. The van der Waals surface area contributed by atoms with Crippen LogP contribution >= 0.6 is 0 Å². The molecule has 1 amide bonds. The minimum Gasteiger partial charge on any atom is -0.373 e. The summed E-state index contributed by atoms with van der Waals surface area (Å²) in [7, 11) is 0. The molecule has 0 saturated carbocycles. The van der Waals surface area contributed by atoms with E-state index in [0.29, 0.717) is 11.9 Å². The molecule has 0 bridgehead atoms. The molecule has 25 heavy (non-hydrogen) atoms. The second-order valence-corrected chi connectivity index (χ2v) is 8.33. The highest BCUT2D eigenvalue weighted by Gasteiger charge is 2.45. The molecule has 3 heterocycles. The van der Waals surface area contributed by atoms with Crippen LogP contribution in [0.4, 0.5) is 0 Å². The fourth-order valence-electron chi connectivity index (χ4n) is 5.09. The predicted molar refractivity (Wildman–Crippen MR) is 98.5 cm³/mol. The largest absolute Gasteiger partial charge is 0.373 e. The number of amides is 1. The van der Waals surface area contributed by atoms with E-state index in [1.54, 1.807) is 0 Å². The van der Waals surface area contributed by atoms with Crippen molar-refractivity contribution < 1.29 is 9.53 Å². The molecule has 4 nitrogen and oxygen atoms in total. The summed E-state index contributed by atoms with van der Waals surface area (Å²) in [4.78, 5) is 16.8. The lowest BCUT2D eigenvalue weighted by molar-refractivity contribution is -0.137. The molecule has 0 aliphatic carbocycles. The average Bonchev–Trinajstić information content (AvgIpc) is 3.13. The van der Waals surface area contributed by atoms with Crippen molar-refractivity contribution in [3.05, 3.63) is 34.9 Å². The summed E-state index contributed by atoms with van der Waals surface area (Å²) in [6.45, 7) is 9.18. The van der Waals surface area contributed by atoms with Gasteiger partial charge in [0.1, 0.15) is 0 Å². The van der Waals surface area contributed by atoms with Crippen molar-refractivity contribution >= 4 is 5.91 Å². The Bertz CT molecular complexity index is 639. The van der Waals surface area contributed by atoms with Crippen molar-refractivity contribution in [1.82, 2.24) is 9.80 Å². The fraction of sp³-hybridized carbons (Fsp3) is 0.667. The van der Waals surface area contributed by atoms with E-state index in [4.69, 9.17) is 4.74 Å². The van der Waals surface area contributed by atoms with Crippen LogP contribution in [-0.2, 0) is 16.1 Å². The molecule has 3 aliphatic rings. The van der Waals surface area contributed by atoms with Gasteiger partial charge in [-0.25, -0.2) is 0 Å². The molecule has 0 radical (unpaired) electrons. The Morgan fingerprint density at radius 2 is 2.00 bits per heavy atom. The van der Waals surface area contributed by atoms with Gasteiger partial charge in [0.25, 0.3) is 0 Å². The van der Waals surface area contributed by atoms with Gasteiger partial charge in [-0.05, 0) is 45.1 Å². The maximum absolute atomic E-state index is 12.1. The molecule has 3 saturated heterocycles. The third-order valence-corrected chi connectivity index (χ3v) is 6.10. The van der Waals surface area contributed by atoms with Crippen molar-refractivity contribution in [2.24, 2.45) is 0 Å². The number of hydrogen-bond donors (Lipinski definition) is 0. The molecule has 3 fully saturated rings. The zero-order chi connectivity index (χ0) is 17.4. The van der Waals surface area contributed by atoms with Gasteiger partial charge in [-0.2, -0.15) is 0 Å². The molecule has 3 aliphatic heterocycles. The molecular weight excluding hydrogens is 312 g/mol. The highest BCUT2D eigenvalue weighted by Crippen LogP contribution is 2.37. The molecule has 2 atom stereocenters. The summed E-state index contributed by atoms with van der Waals surface area (Å²) >= 11 is 0. The second kappa shape index (κ2) is 6.73. The van der Waals surface area contributed by atoms with Crippen LogP contribution in [0.25, 0.3) is 0 Å². The summed E-state index contributed by atoms with van der Waals surface area (Å²) in [5.74, 6) is 0.354. The molecule has 1 aromatic rings. The highest BCUT2D eigenvalue weighted by atomic mass is 16.5. The number of carbonyl (C=O) groups excluding carboxylic acids is 1. The Kier molecular flexibility index (Phi) is 4.59. The van der Waals surface area contributed by atoms with Gasteiger partial charge in [-0.1, -0.05) is 29.3 Å². The van der Waals surface area contributed by atoms with Crippen LogP contribution in [0.2, 0.25) is 0 Å². The second-order valence-electron chi connectivity index (χ2n) is 8.33. The van der Waals surface area contributed by atoms with Gasteiger partial charge in [-0.15, -0.1) is 0 Å². The summed E-state index contributed by atoms with van der Waals surface area (Å²) < 4.78 is 6.29. The van der Waals surface area contributed by atoms with E-state index in [0.717, 1.165) is 64.9 Å². The lowest BCUT2D eigenvalue weighted by Crippen LogP contribution is -2.50. The number of carbonyl (C=O) groups is 1. The van der Waals surface area contributed by atoms with Crippen molar-refractivity contribution in [3.63, 3.8) is 0 Å². The van der Waals surface area contributed by atoms with Crippen LogP contribution in [0.15, 0.2) is 18.2 Å². The van der Waals surface area contributed by atoms with Gasteiger partial charge in [0.05, 0.1) is 5.60 Å². The van der Waals surface area contributed by atoms with Crippen molar-refractivity contribution in [1.29, 1.82) is 0 Å². The highest BCUT2D eigenvalue weighted by molar-refractivity contribution is 5.78. The predicted octanol–water partition coefficient (Wildman–Crippen LogP) is 3.05. The summed E-state index contributed by atoms with van der Waals surface area (Å²) in [5.41, 5.74) is 4.04. The molecule has 0 aromatic heterocycles. The number of hydrogen-bond acceptors (Lipinski definition) is 3. The van der Waals surface area contributed by atoms with Crippen LogP contribution < -0.4 is 0 Å². The van der Waals surface area contributed by atoms with Gasteiger partial charge < -0.3 is 9.64 Å². The first-order chi connectivity index (χ1) is 12.0. The zero-order valence-electron chi connectivity index (χ0n) is 15.6. The lowest BCUT2D eigenvalue weighted by atomic mass is 9.89. The van der Waals surface area contributed by atoms with Gasteiger partial charge in [0.2, 0.25) is 5.91 Å². The molecule has 1 aromatic carbocycles. The van der Waals surface area contributed by atoms with Crippen molar-refractivity contribution in [2.75, 3.05) is 26.2 Å². The van der Waals surface area contributed by atoms with Crippen LogP contribution in [0.1, 0.15) is 48.8 Å². The molecular formula is C21H30N2O2. The number of nitrogens with zero attached hydrogens (tertiary/aromatic N) is 2. The maximum Gasteiger partial charge on any atom is 0.222 e. The molecule has 0 unspecified atom stereocenters. The number of ether oxygens (including phenoxy) is 1. The summed E-state index contributed by atoms with van der Waals surface area (Å²) in [6, 6.07) is 7.22. The van der Waals surface area contributed by atoms with Gasteiger partial charge >= 0.3 is 0 Å². The van der Waals surface area contributed by atoms with E-state index < -0.39 is 0 Å².